The first kappa shape index (κ1) is 13.0. The van der Waals surface area contributed by atoms with Gasteiger partial charge >= 0.3 is 0 Å². The third-order valence-corrected chi connectivity index (χ3v) is 2.49. The normalized spacial score (nSPS) is 11.7. The number of amidine groups is 1. The first-order valence-electron chi connectivity index (χ1n) is 5.56. The minimum Gasteiger partial charge on any atom is -0.409 e. The Bertz CT molecular complexity index is 569. The molecule has 1 aromatic heterocycles. The van der Waals surface area contributed by atoms with Crippen LogP contribution in [0, 0.1) is 5.82 Å². The van der Waals surface area contributed by atoms with E-state index in [-0.39, 0.29) is 5.84 Å². The second-order valence-electron chi connectivity index (χ2n) is 3.93. The Morgan fingerprint density at radius 2 is 2.26 bits per heavy atom. The van der Waals surface area contributed by atoms with Crippen LogP contribution in [0.4, 0.5) is 4.39 Å². The Kier molecular flexibility index (Phi) is 4.09. The molecule has 0 saturated carbocycles. The SMILES string of the molecule is N/C(=N/O)c1cc(F)cc(CNCc2ccon2)c1. The summed E-state index contributed by atoms with van der Waals surface area (Å²) < 4.78 is 18.1. The molecule has 7 heteroatoms. The number of aromatic nitrogens is 1. The van der Waals surface area contributed by atoms with Crippen LogP contribution in [0.15, 0.2) is 40.2 Å². The Labute approximate surface area is 108 Å². The van der Waals surface area contributed by atoms with E-state index in [1.807, 2.05) is 0 Å². The Morgan fingerprint density at radius 1 is 1.42 bits per heavy atom. The van der Waals surface area contributed by atoms with Crippen molar-refractivity contribution in [2.24, 2.45) is 10.9 Å². The van der Waals surface area contributed by atoms with Crippen LogP contribution in [0.2, 0.25) is 0 Å². The third-order valence-electron chi connectivity index (χ3n) is 2.49. The summed E-state index contributed by atoms with van der Waals surface area (Å²) >= 11 is 0. The molecule has 6 nitrogen and oxygen atoms in total. The summed E-state index contributed by atoms with van der Waals surface area (Å²) in [7, 11) is 0. The maximum absolute atomic E-state index is 13.4. The molecule has 1 heterocycles. The minimum absolute atomic E-state index is 0.128. The monoisotopic (exact) mass is 264 g/mol. The lowest BCUT2D eigenvalue weighted by molar-refractivity contribution is 0.318. The highest BCUT2D eigenvalue weighted by Gasteiger charge is 2.05. The number of hydrogen-bond donors (Lipinski definition) is 3. The first-order chi connectivity index (χ1) is 9.19. The van der Waals surface area contributed by atoms with E-state index in [0.29, 0.717) is 24.2 Å². The summed E-state index contributed by atoms with van der Waals surface area (Å²) in [5.41, 5.74) is 7.21. The fourth-order valence-electron chi connectivity index (χ4n) is 1.62. The lowest BCUT2D eigenvalue weighted by Crippen LogP contribution is -2.16. The van der Waals surface area contributed by atoms with Crippen LogP contribution < -0.4 is 11.1 Å². The molecule has 1 aromatic carbocycles. The quantitative estimate of drug-likeness (QED) is 0.326. The highest BCUT2D eigenvalue weighted by atomic mass is 19.1. The van der Waals surface area contributed by atoms with E-state index >= 15 is 0 Å². The third kappa shape index (κ3) is 3.52. The molecule has 100 valence electrons. The molecule has 2 aromatic rings. The minimum atomic E-state index is -0.442. The van der Waals surface area contributed by atoms with Gasteiger partial charge in [-0.2, -0.15) is 0 Å². The number of nitrogens with two attached hydrogens (primary N) is 1. The molecule has 0 aliphatic rings. The van der Waals surface area contributed by atoms with Gasteiger partial charge < -0.3 is 20.8 Å². The highest BCUT2D eigenvalue weighted by molar-refractivity contribution is 5.97. The summed E-state index contributed by atoms with van der Waals surface area (Å²) in [5, 5.41) is 18.2. The molecule has 0 bridgehead atoms. The van der Waals surface area contributed by atoms with Gasteiger partial charge in [-0.1, -0.05) is 10.3 Å². The number of nitrogens with one attached hydrogen (secondary N) is 1. The van der Waals surface area contributed by atoms with Crippen molar-refractivity contribution in [2.75, 3.05) is 0 Å². The topological polar surface area (TPSA) is 96.7 Å². The molecule has 0 amide bonds. The molecule has 0 radical (unpaired) electrons. The maximum Gasteiger partial charge on any atom is 0.170 e. The van der Waals surface area contributed by atoms with Gasteiger partial charge in [0.1, 0.15) is 12.1 Å². The van der Waals surface area contributed by atoms with Crippen LogP contribution in [0.5, 0.6) is 0 Å². The molecule has 0 aliphatic carbocycles. The van der Waals surface area contributed by atoms with E-state index in [0.717, 1.165) is 5.69 Å². The zero-order valence-electron chi connectivity index (χ0n) is 10.0. The van der Waals surface area contributed by atoms with Gasteiger partial charge in [-0.25, -0.2) is 4.39 Å². The number of oxime groups is 1. The van der Waals surface area contributed by atoms with Crippen LogP contribution in [0.3, 0.4) is 0 Å². The van der Waals surface area contributed by atoms with E-state index in [1.54, 1.807) is 12.1 Å². The molecular weight excluding hydrogens is 251 g/mol. The lowest BCUT2D eigenvalue weighted by atomic mass is 10.1. The van der Waals surface area contributed by atoms with Crippen molar-refractivity contribution < 1.29 is 14.1 Å². The fraction of sp³-hybridized carbons (Fsp3) is 0.167. The van der Waals surface area contributed by atoms with E-state index in [1.165, 1.54) is 18.4 Å². The molecule has 0 saturated heterocycles. The van der Waals surface area contributed by atoms with Crippen molar-refractivity contribution >= 4 is 5.84 Å². The second kappa shape index (κ2) is 5.96. The van der Waals surface area contributed by atoms with Gasteiger partial charge in [0.15, 0.2) is 5.84 Å². The summed E-state index contributed by atoms with van der Waals surface area (Å²) in [6, 6.07) is 5.97. The number of hydrogen-bond acceptors (Lipinski definition) is 5. The number of benzene rings is 1. The van der Waals surface area contributed by atoms with Crippen molar-refractivity contribution in [1.29, 1.82) is 0 Å². The van der Waals surface area contributed by atoms with Crippen LogP contribution in [0.1, 0.15) is 16.8 Å². The van der Waals surface area contributed by atoms with Gasteiger partial charge in [-0.05, 0) is 23.8 Å². The Morgan fingerprint density at radius 3 is 2.95 bits per heavy atom. The molecule has 19 heavy (non-hydrogen) atoms. The van der Waals surface area contributed by atoms with Gasteiger partial charge in [0.05, 0.1) is 5.69 Å². The van der Waals surface area contributed by atoms with Gasteiger partial charge in [0, 0.05) is 24.7 Å². The second-order valence-corrected chi connectivity index (χ2v) is 3.93. The van der Waals surface area contributed by atoms with E-state index in [2.05, 4.69) is 15.6 Å². The van der Waals surface area contributed by atoms with Gasteiger partial charge in [-0.15, -0.1) is 0 Å². The van der Waals surface area contributed by atoms with Gasteiger partial charge in [0.25, 0.3) is 0 Å². The molecular formula is C12H13FN4O2. The number of nitrogens with zero attached hydrogens (tertiary/aromatic N) is 2. The summed E-state index contributed by atoms with van der Waals surface area (Å²) in [4.78, 5) is 0. The summed E-state index contributed by atoms with van der Waals surface area (Å²) in [6.45, 7) is 0.933. The zero-order chi connectivity index (χ0) is 13.7. The fourth-order valence-corrected chi connectivity index (χ4v) is 1.62. The van der Waals surface area contributed by atoms with E-state index in [4.69, 9.17) is 15.5 Å². The molecule has 0 unspecified atom stereocenters. The van der Waals surface area contributed by atoms with Crippen LogP contribution >= 0.6 is 0 Å². The predicted octanol–water partition coefficient (Wildman–Crippen LogP) is 1.20. The Balaban J connectivity index is 2.02. The molecule has 0 fully saturated rings. The van der Waals surface area contributed by atoms with Crippen molar-refractivity contribution in [3.05, 3.63) is 53.2 Å². The van der Waals surface area contributed by atoms with Crippen LogP contribution in [0.25, 0.3) is 0 Å². The maximum atomic E-state index is 13.4. The largest absolute Gasteiger partial charge is 0.409 e. The average Bonchev–Trinajstić information content (AvgIpc) is 2.90. The zero-order valence-corrected chi connectivity index (χ0v) is 10.0. The average molecular weight is 264 g/mol. The molecule has 4 N–H and O–H groups in total. The van der Waals surface area contributed by atoms with Crippen LogP contribution in [-0.4, -0.2) is 16.2 Å². The van der Waals surface area contributed by atoms with Gasteiger partial charge in [-0.3, -0.25) is 0 Å². The Hall–Kier alpha value is -2.41. The highest BCUT2D eigenvalue weighted by Crippen LogP contribution is 2.09. The first-order valence-corrected chi connectivity index (χ1v) is 5.56. The molecule has 0 aliphatic heterocycles. The molecule has 0 atom stereocenters. The summed E-state index contributed by atoms with van der Waals surface area (Å²) in [5.74, 6) is -0.570. The summed E-state index contributed by atoms with van der Waals surface area (Å²) in [6.07, 6.45) is 1.48. The van der Waals surface area contributed by atoms with Crippen molar-refractivity contribution in [3.63, 3.8) is 0 Å². The van der Waals surface area contributed by atoms with Crippen molar-refractivity contribution in [3.8, 4) is 0 Å². The number of halogens is 1. The number of rotatable bonds is 5. The predicted molar refractivity (Wildman–Crippen MR) is 66.0 cm³/mol. The smallest absolute Gasteiger partial charge is 0.170 e. The van der Waals surface area contributed by atoms with E-state index < -0.39 is 5.82 Å². The van der Waals surface area contributed by atoms with Crippen molar-refractivity contribution in [1.82, 2.24) is 10.5 Å². The lowest BCUT2D eigenvalue weighted by Gasteiger charge is -2.06. The van der Waals surface area contributed by atoms with Crippen LogP contribution in [-0.2, 0) is 13.1 Å². The van der Waals surface area contributed by atoms with E-state index in [9.17, 15) is 4.39 Å². The molecule has 2 rings (SSSR count). The molecule has 0 spiro atoms. The van der Waals surface area contributed by atoms with Gasteiger partial charge in [0.2, 0.25) is 0 Å². The van der Waals surface area contributed by atoms with Crippen molar-refractivity contribution in [2.45, 2.75) is 13.1 Å². The standard InChI is InChI=1S/C12H13FN4O2/c13-10-4-8(3-9(5-10)12(14)16-18)6-15-7-11-1-2-19-17-11/h1-5,15,18H,6-7H2,(H2,14,16).